The summed E-state index contributed by atoms with van der Waals surface area (Å²) >= 11 is 3.56. The molecule has 94 valence electrons. The third-order valence-corrected chi connectivity index (χ3v) is 4.38. The van der Waals surface area contributed by atoms with E-state index in [1.807, 2.05) is 6.92 Å². The standard InChI is InChI=1S/C12H22BrNO2/c1-2-7-16-8-11(15)14-10-12(9-13)5-3-4-6-12/h2-10H2,1H3,(H,14,15). The van der Waals surface area contributed by atoms with Crippen LogP contribution in [0.4, 0.5) is 0 Å². The van der Waals surface area contributed by atoms with Crippen LogP contribution in [0.5, 0.6) is 0 Å². The maximum atomic E-state index is 11.5. The number of alkyl halides is 1. The summed E-state index contributed by atoms with van der Waals surface area (Å²) < 4.78 is 5.20. The Morgan fingerprint density at radius 3 is 2.69 bits per heavy atom. The molecular formula is C12H22BrNO2. The van der Waals surface area contributed by atoms with Gasteiger partial charge in [-0.15, -0.1) is 0 Å². The minimum atomic E-state index is 0.0145. The van der Waals surface area contributed by atoms with Crippen molar-refractivity contribution in [1.82, 2.24) is 5.32 Å². The number of ether oxygens (including phenoxy) is 1. The number of hydrogen-bond donors (Lipinski definition) is 1. The molecule has 0 heterocycles. The Bertz CT molecular complexity index is 215. The smallest absolute Gasteiger partial charge is 0.246 e. The first-order valence-corrected chi connectivity index (χ1v) is 7.25. The predicted octanol–water partition coefficient (Wildman–Crippen LogP) is 2.48. The van der Waals surface area contributed by atoms with Gasteiger partial charge in [-0.3, -0.25) is 4.79 Å². The molecule has 1 fully saturated rings. The van der Waals surface area contributed by atoms with Gasteiger partial charge in [0.05, 0.1) is 0 Å². The van der Waals surface area contributed by atoms with Crippen LogP contribution in [-0.2, 0) is 9.53 Å². The second-order valence-electron chi connectivity index (χ2n) is 4.67. The van der Waals surface area contributed by atoms with E-state index in [-0.39, 0.29) is 12.5 Å². The molecule has 0 aromatic rings. The molecule has 0 aliphatic heterocycles. The van der Waals surface area contributed by atoms with Crippen LogP contribution in [0.15, 0.2) is 0 Å². The van der Waals surface area contributed by atoms with E-state index in [0.717, 1.165) is 18.3 Å². The van der Waals surface area contributed by atoms with Crippen molar-refractivity contribution in [2.75, 3.05) is 25.1 Å². The number of hydrogen-bond acceptors (Lipinski definition) is 2. The van der Waals surface area contributed by atoms with Crippen molar-refractivity contribution in [1.29, 1.82) is 0 Å². The lowest BCUT2D eigenvalue weighted by molar-refractivity contribution is -0.126. The van der Waals surface area contributed by atoms with Gasteiger partial charge in [-0.25, -0.2) is 0 Å². The molecule has 1 aliphatic rings. The van der Waals surface area contributed by atoms with Crippen LogP contribution in [0.1, 0.15) is 39.0 Å². The molecular weight excluding hydrogens is 270 g/mol. The second kappa shape index (κ2) is 7.28. The van der Waals surface area contributed by atoms with Crippen molar-refractivity contribution in [2.45, 2.75) is 39.0 Å². The number of nitrogens with one attached hydrogen (secondary N) is 1. The highest BCUT2D eigenvalue weighted by molar-refractivity contribution is 9.09. The van der Waals surface area contributed by atoms with E-state index in [2.05, 4.69) is 21.2 Å². The average molecular weight is 292 g/mol. The summed E-state index contributed by atoms with van der Waals surface area (Å²) in [7, 11) is 0. The van der Waals surface area contributed by atoms with Crippen molar-refractivity contribution < 1.29 is 9.53 Å². The van der Waals surface area contributed by atoms with Crippen LogP contribution in [0, 0.1) is 5.41 Å². The third-order valence-electron chi connectivity index (χ3n) is 3.19. The molecule has 0 radical (unpaired) electrons. The van der Waals surface area contributed by atoms with Crippen LogP contribution in [0.2, 0.25) is 0 Å². The Hall–Kier alpha value is -0.0900. The van der Waals surface area contributed by atoms with E-state index in [4.69, 9.17) is 4.74 Å². The Balaban J connectivity index is 2.19. The summed E-state index contributed by atoms with van der Waals surface area (Å²) in [5.74, 6) is 0.0145. The van der Waals surface area contributed by atoms with Gasteiger partial charge in [0.25, 0.3) is 0 Å². The molecule has 0 unspecified atom stereocenters. The highest BCUT2D eigenvalue weighted by Crippen LogP contribution is 2.38. The van der Waals surface area contributed by atoms with Gasteiger partial charge < -0.3 is 10.1 Å². The fraction of sp³-hybridized carbons (Fsp3) is 0.917. The summed E-state index contributed by atoms with van der Waals surface area (Å²) in [6.07, 6.45) is 5.96. The van der Waals surface area contributed by atoms with Gasteiger partial charge in [0, 0.05) is 18.5 Å². The molecule has 0 spiro atoms. The van der Waals surface area contributed by atoms with Crippen molar-refractivity contribution in [3.8, 4) is 0 Å². The predicted molar refractivity (Wildman–Crippen MR) is 68.8 cm³/mol. The lowest BCUT2D eigenvalue weighted by Crippen LogP contribution is -2.38. The normalized spacial score (nSPS) is 18.6. The van der Waals surface area contributed by atoms with Crippen LogP contribution < -0.4 is 5.32 Å². The summed E-state index contributed by atoms with van der Waals surface area (Å²) in [6.45, 7) is 3.69. The summed E-state index contributed by atoms with van der Waals surface area (Å²) in [4.78, 5) is 11.5. The molecule has 0 aromatic heterocycles. The number of rotatable bonds is 7. The molecule has 0 saturated heterocycles. The zero-order valence-corrected chi connectivity index (χ0v) is 11.6. The first kappa shape index (κ1) is 14.0. The molecule has 0 bridgehead atoms. The average Bonchev–Trinajstić information content (AvgIpc) is 2.76. The molecule has 3 nitrogen and oxygen atoms in total. The fourth-order valence-corrected chi connectivity index (χ4v) is 2.89. The zero-order chi connectivity index (χ0) is 11.9. The van der Waals surface area contributed by atoms with Crippen molar-refractivity contribution in [3.63, 3.8) is 0 Å². The molecule has 1 saturated carbocycles. The maximum absolute atomic E-state index is 11.5. The van der Waals surface area contributed by atoms with Crippen LogP contribution in [0.25, 0.3) is 0 Å². The molecule has 1 N–H and O–H groups in total. The van der Waals surface area contributed by atoms with Gasteiger partial charge >= 0.3 is 0 Å². The number of halogens is 1. The summed E-state index contributed by atoms with van der Waals surface area (Å²) in [5, 5.41) is 3.96. The molecule has 1 aliphatic carbocycles. The fourth-order valence-electron chi connectivity index (χ4n) is 2.13. The minimum Gasteiger partial charge on any atom is -0.372 e. The van der Waals surface area contributed by atoms with E-state index in [0.29, 0.717) is 12.0 Å². The van der Waals surface area contributed by atoms with Crippen LogP contribution in [-0.4, -0.2) is 31.0 Å². The Labute approximate surface area is 106 Å². The van der Waals surface area contributed by atoms with E-state index in [1.165, 1.54) is 25.7 Å². The SMILES string of the molecule is CCCOCC(=O)NCC1(CBr)CCCC1. The van der Waals surface area contributed by atoms with Crippen LogP contribution >= 0.6 is 15.9 Å². The number of carbonyl (C=O) groups is 1. The first-order valence-electron chi connectivity index (χ1n) is 6.13. The quantitative estimate of drug-likeness (QED) is 0.578. The second-order valence-corrected chi connectivity index (χ2v) is 5.23. The van der Waals surface area contributed by atoms with E-state index in [9.17, 15) is 4.79 Å². The van der Waals surface area contributed by atoms with Crippen molar-refractivity contribution >= 4 is 21.8 Å². The van der Waals surface area contributed by atoms with Gasteiger partial charge in [0.2, 0.25) is 5.91 Å². The number of amides is 1. The molecule has 0 aromatic carbocycles. The van der Waals surface area contributed by atoms with Crippen molar-refractivity contribution in [3.05, 3.63) is 0 Å². The Kier molecular flexibility index (Phi) is 6.36. The van der Waals surface area contributed by atoms with E-state index >= 15 is 0 Å². The van der Waals surface area contributed by atoms with Gasteiger partial charge in [0.15, 0.2) is 0 Å². The summed E-state index contributed by atoms with van der Waals surface area (Å²) in [6, 6.07) is 0. The topological polar surface area (TPSA) is 38.3 Å². The molecule has 16 heavy (non-hydrogen) atoms. The highest BCUT2D eigenvalue weighted by atomic mass is 79.9. The van der Waals surface area contributed by atoms with E-state index in [1.54, 1.807) is 0 Å². The van der Waals surface area contributed by atoms with Gasteiger partial charge in [-0.05, 0) is 24.7 Å². The molecule has 1 amide bonds. The highest BCUT2D eigenvalue weighted by Gasteiger charge is 2.32. The first-order chi connectivity index (χ1) is 7.72. The number of carbonyl (C=O) groups excluding carboxylic acids is 1. The Morgan fingerprint density at radius 2 is 2.12 bits per heavy atom. The monoisotopic (exact) mass is 291 g/mol. The largest absolute Gasteiger partial charge is 0.372 e. The molecule has 4 heteroatoms. The van der Waals surface area contributed by atoms with E-state index < -0.39 is 0 Å². The van der Waals surface area contributed by atoms with Gasteiger partial charge in [0.1, 0.15) is 6.61 Å². The van der Waals surface area contributed by atoms with Gasteiger partial charge in [-0.1, -0.05) is 35.7 Å². The zero-order valence-electron chi connectivity index (χ0n) is 10.1. The Morgan fingerprint density at radius 1 is 1.44 bits per heavy atom. The maximum Gasteiger partial charge on any atom is 0.246 e. The lowest BCUT2D eigenvalue weighted by atomic mass is 9.89. The third kappa shape index (κ3) is 4.42. The summed E-state index contributed by atoms with van der Waals surface area (Å²) in [5.41, 5.74) is 0.292. The van der Waals surface area contributed by atoms with Crippen LogP contribution in [0.3, 0.4) is 0 Å². The molecule has 1 rings (SSSR count). The minimum absolute atomic E-state index is 0.0145. The molecule has 0 atom stereocenters. The van der Waals surface area contributed by atoms with Crippen molar-refractivity contribution in [2.24, 2.45) is 5.41 Å². The lowest BCUT2D eigenvalue weighted by Gasteiger charge is -2.26. The van der Waals surface area contributed by atoms with Gasteiger partial charge in [-0.2, -0.15) is 0 Å².